The Kier molecular flexibility index (Phi) is 13.7. The zero-order chi connectivity index (χ0) is 24.7. The second kappa shape index (κ2) is 15.1. The second-order valence-electron chi connectivity index (χ2n) is 7.31. The minimum atomic E-state index is -1.57. The molecule has 0 aromatic rings. The molecule has 0 spiro atoms. The smallest absolute Gasteiger partial charge is 0.323 e. The average molecular weight is 464 g/mol. The lowest BCUT2D eigenvalue weighted by atomic mass is 9.88. The van der Waals surface area contributed by atoms with Crippen LogP contribution in [0.2, 0.25) is 0 Å². The maximum Gasteiger partial charge on any atom is 0.323 e. The van der Waals surface area contributed by atoms with E-state index in [9.17, 15) is 29.1 Å². The Morgan fingerprint density at radius 3 is 1.50 bits per heavy atom. The highest BCUT2D eigenvalue weighted by Gasteiger charge is 2.38. The summed E-state index contributed by atoms with van der Waals surface area (Å²) in [5.41, 5.74) is 3.91. The molecule has 0 aromatic carbocycles. The molecule has 0 heterocycles. The Labute approximate surface area is 184 Å². The normalized spacial score (nSPS) is 13.1. The van der Waals surface area contributed by atoms with Crippen LogP contribution in [0.15, 0.2) is 0 Å². The third-order valence-corrected chi connectivity index (χ3v) is 4.65. The lowest BCUT2D eigenvalue weighted by Gasteiger charge is -2.33. The molecule has 0 radical (unpaired) electrons. The van der Waals surface area contributed by atoms with Crippen LogP contribution in [0.5, 0.6) is 0 Å². The number of carboxylic acid groups (broad SMARTS) is 5. The van der Waals surface area contributed by atoms with Crippen LogP contribution in [0, 0.1) is 0 Å². The van der Waals surface area contributed by atoms with Gasteiger partial charge in [-0.25, -0.2) is 0 Å². The van der Waals surface area contributed by atoms with Gasteiger partial charge >= 0.3 is 29.8 Å². The van der Waals surface area contributed by atoms with Crippen molar-refractivity contribution < 1.29 is 49.5 Å². The Morgan fingerprint density at radius 1 is 0.688 bits per heavy atom. The predicted octanol–water partition coefficient (Wildman–Crippen LogP) is -2.14. The van der Waals surface area contributed by atoms with Gasteiger partial charge in [-0.2, -0.15) is 0 Å². The minimum Gasteiger partial charge on any atom is -0.480 e. The molecule has 14 heteroatoms. The number of nitrogens with one attached hydrogen (secondary N) is 1. The van der Waals surface area contributed by atoms with Gasteiger partial charge in [-0.05, 0) is 32.2 Å². The van der Waals surface area contributed by atoms with E-state index in [4.69, 9.17) is 26.2 Å². The highest BCUT2D eigenvalue weighted by molar-refractivity contribution is 5.79. The minimum absolute atomic E-state index is 0.0622. The molecule has 0 amide bonds. The van der Waals surface area contributed by atoms with Crippen molar-refractivity contribution in [3.8, 4) is 0 Å². The van der Waals surface area contributed by atoms with Gasteiger partial charge in [0, 0.05) is 19.6 Å². The maximum atomic E-state index is 12.2. The van der Waals surface area contributed by atoms with Crippen molar-refractivity contribution in [2.24, 2.45) is 5.73 Å². The van der Waals surface area contributed by atoms with Crippen LogP contribution in [0.1, 0.15) is 25.7 Å². The van der Waals surface area contributed by atoms with E-state index in [-0.39, 0.29) is 32.5 Å². The summed E-state index contributed by atoms with van der Waals surface area (Å²) in [6.45, 7) is -2.23. The Bertz CT molecular complexity index is 628. The van der Waals surface area contributed by atoms with Gasteiger partial charge in [0.25, 0.3) is 0 Å². The van der Waals surface area contributed by atoms with E-state index in [1.807, 2.05) is 0 Å². The molecule has 0 unspecified atom stereocenters. The lowest BCUT2D eigenvalue weighted by Crippen LogP contribution is -2.56. The molecular weight excluding hydrogens is 432 g/mol. The van der Waals surface area contributed by atoms with Gasteiger partial charge in [0.2, 0.25) is 0 Å². The van der Waals surface area contributed by atoms with Crippen LogP contribution in [-0.2, 0) is 24.0 Å². The molecule has 8 N–H and O–H groups in total. The highest BCUT2D eigenvalue weighted by atomic mass is 16.4. The SMILES string of the molecule is NCCCC[C@](CCN(CC(=O)O)CC(=O)O)(NCCN(CC(=O)O)CC(=O)O)C(=O)O. The molecular formula is C18H32N4O10. The fourth-order valence-corrected chi connectivity index (χ4v) is 3.16. The first kappa shape index (κ1) is 29.2. The van der Waals surface area contributed by atoms with E-state index in [0.717, 1.165) is 9.80 Å². The number of hydrogen-bond acceptors (Lipinski definition) is 9. The number of aliphatic carboxylic acids is 5. The molecule has 184 valence electrons. The van der Waals surface area contributed by atoms with Crippen molar-refractivity contribution in [2.75, 3.05) is 52.4 Å². The largest absolute Gasteiger partial charge is 0.480 e. The van der Waals surface area contributed by atoms with Crippen LogP contribution in [0.25, 0.3) is 0 Å². The first-order valence-corrected chi connectivity index (χ1v) is 9.92. The van der Waals surface area contributed by atoms with E-state index in [0.29, 0.717) is 19.4 Å². The third-order valence-electron chi connectivity index (χ3n) is 4.65. The van der Waals surface area contributed by atoms with Crippen molar-refractivity contribution in [1.29, 1.82) is 0 Å². The lowest BCUT2D eigenvalue weighted by molar-refractivity contribution is -0.147. The molecule has 0 saturated carbocycles. The van der Waals surface area contributed by atoms with Crippen molar-refractivity contribution in [3.63, 3.8) is 0 Å². The topological polar surface area (TPSA) is 231 Å². The summed E-state index contributed by atoms with van der Waals surface area (Å²) >= 11 is 0. The van der Waals surface area contributed by atoms with E-state index >= 15 is 0 Å². The average Bonchev–Trinajstić information content (AvgIpc) is 2.63. The van der Waals surface area contributed by atoms with Gasteiger partial charge in [0.1, 0.15) is 5.54 Å². The fourth-order valence-electron chi connectivity index (χ4n) is 3.16. The number of carboxylic acids is 5. The molecule has 0 fully saturated rings. The molecule has 0 aromatic heterocycles. The molecule has 0 saturated heterocycles. The second-order valence-corrected chi connectivity index (χ2v) is 7.31. The summed E-state index contributed by atoms with van der Waals surface area (Å²) < 4.78 is 0. The van der Waals surface area contributed by atoms with Crippen LogP contribution >= 0.6 is 0 Å². The number of rotatable bonds is 20. The zero-order valence-electron chi connectivity index (χ0n) is 17.7. The van der Waals surface area contributed by atoms with Crippen molar-refractivity contribution in [1.82, 2.24) is 15.1 Å². The van der Waals surface area contributed by atoms with Crippen LogP contribution in [0.4, 0.5) is 0 Å². The van der Waals surface area contributed by atoms with Crippen LogP contribution < -0.4 is 11.1 Å². The summed E-state index contributed by atoms with van der Waals surface area (Å²) in [4.78, 5) is 58.2. The maximum absolute atomic E-state index is 12.2. The van der Waals surface area contributed by atoms with Gasteiger partial charge in [0.15, 0.2) is 0 Å². The first-order valence-electron chi connectivity index (χ1n) is 9.92. The molecule has 0 bridgehead atoms. The molecule has 1 atom stereocenters. The highest BCUT2D eigenvalue weighted by Crippen LogP contribution is 2.20. The summed E-state index contributed by atoms with van der Waals surface area (Å²) in [7, 11) is 0. The predicted molar refractivity (Wildman–Crippen MR) is 109 cm³/mol. The number of nitrogens with two attached hydrogens (primary N) is 1. The molecule has 0 aliphatic carbocycles. The number of nitrogens with zero attached hydrogens (tertiary/aromatic N) is 2. The van der Waals surface area contributed by atoms with Crippen LogP contribution in [0.3, 0.4) is 0 Å². The number of unbranched alkanes of at least 4 members (excludes halogenated alkanes) is 1. The summed E-state index contributed by atoms with van der Waals surface area (Å²) in [5.74, 6) is -6.25. The van der Waals surface area contributed by atoms with E-state index in [2.05, 4.69) is 5.32 Å². The van der Waals surface area contributed by atoms with E-state index in [1.165, 1.54) is 0 Å². The van der Waals surface area contributed by atoms with Gasteiger partial charge in [-0.15, -0.1) is 0 Å². The molecule has 0 rings (SSSR count). The summed E-state index contributed by atoms with van der Waals surface area (Å²) in [6.07, 6.45) is 0.910. The Morgan fingerprint density at radius 2 is 1.12 bits per heavy atom. The molecule has 14 nitrogen and oxygen atoms in total. The van der Waals surface area contributed by atoms with Gasteiger partial charge in [-0.1, -0.05) is 0 Å². The quantitative estimate of drug-likeness (QED) is 0.0953. The van der Waals surface area contributed by atoms with Gasteiger partial charge < -0.3 is 36.6 Å². The summed E-state index contributed by atoms with van der Waals surface area (Å²) in [6, 6.07) is 0. The monoisotopic (exact) mass is 464 g/mol. The first-order chi connectivity index (χ1) is 14.9. The zero-order valence-corrected chi connectivity index (χ0v) is 17.7. The fraction of sp³-hybridized carbons (Fsp3) is 0.722. The van der Waals surface area contributed by atoms with Crippen molar-refractivity contribution in [2.45, 2.75) is 31.2 Å². The van der Waals surface area contributed by atoms with Crippen molar-refractivity contribution in [3.05, 3.63) is 0 Å². The van der Waals surface area contributed by atoms with E-state index in [1.54, 1.807) is 0 Å². The number of carbonyl (C=O) groups is 5. The van der Waals surface area contributed by atoms with Gasteiger partial charge in [0.05, 0.1) is 26.2 Å². The molecule has 32 heavy (non-hydrogen) atoms. The third kappa shape index (κ3) is 12.8. The van der Waals surface area contributed by atoms with Crippen LogP contribution in [-0.4, -0.2) is 123 Å². The summed E-state index contributed by atoms with van der Waals surface area (Å²) in [5, 5.41) is 48.5. The molecule has 0 aliphatic rings. The molecule has 0 aliphatic heterocycles. The number of hydrogen-bond donors (Lipinski definition) is 7. The van der Waals surface area contributed by atoms with Crippen molar-refractivity contribution >= 4 is 29.8 Å². The Hall–Kier alpha value is -2.81. The van der Waals surface area contributed by atoms with E-state index < -0.39 is 61.6 Å². The Balaban J connectivity index is 5.40. The van der Waals surface area contributed by atoms with Gasteiger partial charge in [-0.3, -0.25) is 33.8 Å². The standard InChI is InChI=1S/C18H32N4O10/c19-5-2-1-3-18(17(31)32,4-7-21(9-13(23)24)10-14(25)26)20-6-8-22(11-15(27)28)12-16(29)30/h20H,1-12,19H2,(H,23,24)(H,25,26)(H,27,28)(H,29,30)(H,31,32)/t18-/m1/s1.